The van der Waals surface area contributed by atoms with Gasteiger partial charge in [0.2, 0.25) is 0 Å². The van der Waals surface area contributed by atoms with E-state index in [0.717, 1.165) is 131 Å². The van der Waals surface area contributed by atoms with Crippen LogP contribution in [0.25, 0.3) is 21.8 Å². The van der Waals surface area contributed by atoms with Crippen molar-refractivity contribution in [3.8, 4) is 12.1 Å². The van der Waals surface area contributed by atoms with Crippen LogP contribution in [0.4, 0.5) is 11.4 Å². The van der Waals surface area contributed by atoms with Gasteiger partial charge < -0.3 is 19.8 Å². The maximum Gasteiger partial charge on any atom is 0.258 e. The number of nitrogens with zero attached hydrogens (tertiary/aromatic N) is 10. The fourth-order valence-electron chi connectivity index (χ4n) is 9.76. The first-order valence-electron chi connectivity index (χ1n) is 21.6. The Kier molecular flexibility index (Phi) is 11.8. The second-order valence-electron chi connectivity index (χ2n) is 16.7. The maximum atomic E-state index is 12.5. The molecule has 0 saturated carbocycles. The zero-order valence-corrected chi connectivity index (χ0v) is 34.3. The summed E-state index contributed by atoms with van der Waals surface area (Å²) in [6.45, 7) is 8.01. The number of H-pyrrole nitrogens is 2. The Morgan fingerprint density at radius 2 is 1.00 bits per heavy atom. The SMILES string of the molecule is N#Cc1ccc(N2CCC(N3CCC(c4nc5ccccc5c(=O)[nH]4)C3)CC2)cn1.N#Cc1ccc(N2CCC(N3CCCC(c4nc5ccccc5c(=O)[nH]4)C3)CC2)cn1. The van der Waals surface area contributed by atoms with Crippen LogP contribution in [-0.4, -0.2) is 104 Å². The summed E-state index contributed by atoms with van der Waals surface area (Å²) in [6.07, 6.45) is 11.2. The second-order valence-corrected chi connectivity index (χ2v) is 16.7. The van der Waals surface area contributed by atoms with Crippen molar-refractivity contribution in [1.29, 1.82) is 10.5 Å². The maximum absolute atomic E-state index is 12.5. The van der Waals surface area contributed by atoms with E-state index in [1.807, 2.05) is 60.7 Å². The Bertz CT molecular complexity index is 2670. The molecular formula is C47H50N12O2. The van der Waals surface area contributed by atoms with Crippen molar-refractivity contribution < 1.29 is 0 Å². The van der Waals surface area contributed by atoms with Crippen LogP contribution in [-0.2, 0) is 0 Å². The van der Waals surface area contributed by atoms with Gasteiger partial charge in [-0.05, 0) is 107 Å². The van der Waals surface area contributed by atoms with E-state index in [9.17, 15) is 9.59 Å². The summed E-state index contributed by atoms with van der Waals surface area (Å²) < 4.78 is 0. The highest BCUT2D eigenvalue weighted by Gasteiger charge is 2.33. The molecule has 61 heavy (non-hydrogen) atoms. The molecule has 4 fully saturated rings. The minimum Gasteiger partial charge on any atom is -0.370 e. The van der Waals surface area contributed by atoms with E-state index in [4.69, 9.17) is 20.5 Å². The first-order chi connectivity index (χ1) is 29.9. The van der Waals surface area contributed by atoms with Gasteiger partial charge in [0.1, 0.15) is 35.2 Å². The molecule has 2 aromatic carbocycles. The van der Waals surface area contributed by atoms with E-state index in [2.05, 4.69) is 51.7 Å². The molecule has 0 amide bonds. The highest BCUT2D eigenvalue weighted by atomic mass is 16.1. The number of nitrogens with one attached hydrogen (secondary N) is 2. The van der Waals surface area contributed by atoms with Crippen LogP contribution >= 0.6 is 0 Å². The lowest BCUT2D eigenvalue weighted by molar-refractivity contribution is 0.126. The number of rotatable bonds is 6. The van der Waals surface area contributed by atoms with Crippen LogP contribution < -0.4 is 20.9 Å². The predicted molar refractivity (Wildman–Crippen MR) is 236 cm³/mol. The molecule has 14 heteroatoms. The van der Waals surface area contributed by atoms with Gasteiger partial charge in [0.25, 0.3) is 11.1 Å². The molecule has 14 nitrogen and oxygen atoms in total. The van der Waals surface area contributed by atoms with Crippen LogP contribution in [0.2, 0.25) is 0 Å². The Labute approximate surface area is 354 Å². The van der Waals surface area contributed by atoms with Crippen LogP contribution in [0.1, 0.15) is 79.8 Å². The quantitative estimate of drug-likeness (QED) is 0.211. The number of aromatic amines is 2. The van der Waals surface area contributed by atoms with E-state index >= 15 is 0 Å². The lowest BCUT2D eigenvalue weighted by atomic mass is 9.93. The van der Waals surface area contributed by atoms with Crippen LogP contribution in [0.5, 0.6) is 0 Å². The number of hydrogen-bond acceptors (Lipinski definition) is 12. The van der Waals surface area contributed by atoms with Crippen LogP contribution in [0.15, 0.2) is 94.8 Å². The van der Waals surface area contributed by atoms with E-state index in [0.29, 0.717) is 34.2 Å². The largest absolute Gasteiger partial charge is 0.370 e. The van der Waals surface area contributed by atoms with Crippen molar-refractivity contribution in [2.24, 2.45) is 0 Å². The molecule has 4 aliphatic rings. The Hall–Kier alpha value is -6.48. The molecule has 2 N–H and O–H groups in total. The first kappa shape index (κ1) is 40.0. The van der Waals surface area contributed by atoms with Crippen molar-refractivity contribution >= 4 is 33.2 Å². The Morgan fingerprint density at radius 1 is 0.541 bits per heavy atom. The summed E-state index contributed by atoms with van der Waals surface area (Å²) in [7, 11) is 0. The van der Waals surface area contributed by atoms with Crippen LogP contribution in [0.3, 0.4) is 0 Å². The van der Waals surface area contributed by atoms with Gasteiger partial charge in [-0.1, -0.05) is 24.3 Å². The third kappa shape index (κ3) is 8.87. The molecule has 6 aromatic rings. The summed E-state index contributed by atoms with van der Waals surface area (Å²) in [5, 5.41) is 19.2. The Balaban J connectivity index is 0.000000156. The van der Waals surface area contributed by atoms with E-state index < -0.39 is 0 Å². The minimum absolute atomic E-state index is 0.0398. The molecule has 310 valence electrons. The van der Waals surface area contributed by atoms with E-state index in [1.165, 1.54) is 0 Å². The van der Waals surface area contributed by atoms with E-state index in [-0.39, 0.29) is 23.0 Å². The van der Waals surface area contributed by atoms with Gasteiger partial charge in [0.15, 0.2) is 0 Å². The first-order valence-corrected chi connectivity index (χ1v) is 21.6. The van der Waals surface area contributed by atoms with Gasteiger partial charge in [-0.15, -0.1) is 0 Å². The number of nitriles is 2. The minimum atomic E-state index is -0.0432. The fraction of sp³-hybridized carbons (Fsp3) is 0.404. The van der Waals surface area contributed by atoms with Crippen molar-refractivity contribution in [2.75, 3.05) is 62.2 Å². The van der Waals surface area contributed by atoms with Gasteiger partial charge in [-0.2, -0.15) is 10.5 Å². The van der Waals surface area contributed by atoms with Crippen molar-refractivity contribution in [3.63, 3.8) is 0 Å². The molecule has 2 unspecified atom stereocenters. The number of aromatic nitrogens is 6. The highest BCUT2D eigenvalue weighted by molar-refractivity contribution is 5.77. The number of benzene rings is 2. The van der Waals surface area contributed by atoms with Gasteiger partial charge in [-0.3, -0.25) is 19.4 Å². The number of hydrogen-bond donors (Lipinski definition) is 2. The molecule has 8 heterocycles. The monoisotopic (exact) mass is 814 g/mol. The molecule has 4 aliphatic heterocycles. The van der Waals surface area contributed by atoms with Crippen molar-refractivity contribution in [1.82, 2.24) is 39.7 Å². The molecule has 4 saturated heterocycles. The summed E-state index contributed by atoms with van der Waals surface area (Å²) in [5.74, 6) is 2.20. The third-order valence-corrected chi connectivity index (χ3v) is 13.1. The number of piperidine rings is 3. The lowest BCUT2D eigenvalue weighted by Gasteiger charge is -2.42. The predicted octanol–water partition coefficient (Wildman–Crippen LogP) is 5.69. The summed E-state index contributed by atoms with van der Waals surface area (Å²) in [6, 6.07) is 27.9. The molecule has 2 atom stereocenters. The average Bonchev–Trinajstić information content (AvgIpc) is 3.83. The molecule has 0 spiro atoms. The number of pyridine rings is 2. The molecule has 10 rings (SSSR count). The molecule has 0 radical (unpaired) electrons. The van der Waals surface area contributed by atoms with Crippen molar-refractivity contribution in [2.45, 2.75) is 68.9 Å². The standard InChI is InChI=1S/C24H26N6O.C23H24N6O/c25-14-18-7-8-20(15-26-18)29-12-9-19(10-13-29)30-11-3-4-17(16-30)23-27-22-6-2-1-5-21(22)24(31)28-23;24-13-17-5-6-19(14-25-17)28-11-8-18(9-12-28)29-10-7-16(15-29)22-26-21-4-2-1-3-20(21)23(30)27-22/h1-2,5-8,15,17,19H,3-4,9-13,16H2,(H,27,28,31);1-6,14,16,18H,7-12,15H2,(H,26,27,30). The lowest BCUT2D eigenvalue weighted by Crippen LogP contribution is -2.48. The average molecular weight is 815 g/mol. The highest BCUT2D eigenvalue weighted by Crippen LogP contribution is 2.32. The zero-order valence-electron chi connectivity index (χ0n) is 34.3. The summed E-state index contributed by atoms with van der Waals surface area (Å²) >= 11 is 0. The fourth-order valence-corrected chi connectivity index (χ4v) is 9.76. The smallest absolute Gasteiger partial charge is 0.258 e. The molecule has 0 aliphatic carbocycles. The van der Waals surface area contributed by atoms with E-state index in [1.54, 1.807) is 24.5 Å². The van der Waals surface area contributed by atoms with Gasteiger partial charge >= 0.3 is 0 Å². The molecule has 0 bridgehead atoms. The van der Waals surface area contributed by atoms with Crippen LogP contribution in [0, 0.1) is 22.7 Å². The normalized spacial score (nSPS) is 20.6. The number of para-hydroxylation sites is 2. The zero-order chi connectivity index (χ0) is 41.7. The number of likely N-dealkylation sites (tertiary alicyclic amines) is 2. The Morgan fingerprint density at radius 3 is 1.46 bits per heavy atom. The number of fused-ring (bicyclic) bond motifs is 2. The second kappa shape index (κ2) is 18.0. The third-order valence-electron chi connectivity index (χ3n) is 13.1. The van der Waals surface area contributed by atoms with Gasteiger partial charge in [0.05, 0.1) is 45.6 Å². The molecular weight excluding hydrogens is 765 g/mol. The summed E-state index contributed by atoms with van der Waals surface area (Å²) in [5.41, 5.74) is 4.56. The molecule has 4 aromatic heterocycles. The topological polar surface area (TPSA) is 178 Å². The van der Waals surface area contributed by atoms with Gasteiger partial charge in [-0.25, -0.2) is 19.9 Å². The van der Waals surface area contributed by atoms with Gasteiger partial charge in [0, 0.05) is 63.2 Å². The summed E-state index contributed by atoms with van der Waals surface area (Å²) in [4.78, 5) is 58.8. The van der Waals surface area contributed by atoms with Crippen molar-refractivity contribution in [3.05, 3.63) is 129 Å². The number of anilines is 2.